The van der Waals surface area contributed by atoms with E-state index in [9.17, 15) is 0 Å². The Morgan fingerprint density at radius 2 is 1.56 bits per heavy atom. The minimum absolute atomic E-state index is 0.522. The van der Waals surface area contributed by atoms with Gasteiger partial charge in [0.15, 0.2) is 0 Å². The van der Waals surface area contributed by atoms with Gasteiger partial charge in [-0.15, -0.1) is 0 Å². The largest absolute Gasteiger partial charge is 0.496 e. The van der Waals surface area contributed by atoms with Crippen LogP contribution in [0.25, 0.3) is 0 Å². The maximum Gasteiger partial charge on any atom is 0.125 e. The molecular weight excluding hydrogens is 224 g/mol. The van der Waals surface area contributed by atoms with Gasteiger partial charge in [0, 0.05) is 5.56 Å². The molecule has 0 saturated heterocycles. The van der Waals surface area contributed by atoms with Gasteiger partial charge in [0.25, 0.3) is 0 Å². The van der Waals surface area contributed by atoms with Gasteiger partial charge in [-0.05, 0) is 38.1 Å². The minimum atomic E-state index is 0.522. The molecule has 0 bridgehead atoms. The van der Waals surface area contributed by atoms with E-state index in [-0.39, 0.29) is 0 Å². The Balaban J connectivity index is 2.09. The highest BCUT2D eigenvalue weighted by Crippen LogP contribution is 2.22. The summed E-state index contributed by atoms with van der Waals surface area (Å²) in [6.07, 6.45) is 0. The average molecular weight is 242 g/mol. The van der Waals surface area contributed by atoms with Crippen molar-refractivity contribution >= 4 is 0 Å². The van der Waals surface area contributed by atoms with Gasteiger partial charge < -0.3 is 9.47 Å². The number of methoxy groups -OCH3 is 1. The fourth-order valence-corrected chi connectivity index (χ4v) is 1.82. The molecule has 0 N–H and O–H groups in total. The van der Waals surface area contributed by atoms with Gasteiger partial charge in [-0.3, -0.25) is 0 Å². The molecule has 0 amide bonds. The molecule has 2 nitrogen and oxygen atoms in total. The zero-order chi connectivity index (χ0) is 13.0. The summed E-state index contributed by atoms with van der Waals surface area (Å²) in [7, 11) is 1.68. The second-order valence-electron chi connectivity index (χ2n) is 4.42. The van der Waals surface area contributed by atoms with Gasteiger partial charge in [-0.25, -0.2) is 0 Å². The molecule has 0 unspecified atom stereocenters. The Kier molecular flexibility index (Phi) is 3.88. The van der Waals surface area contributed by atoms with E-state index < -0.39 is 0 Å². The fourth-order valence-electron chi connectivity index (χ4n) is 1.82. The molecule has 0 aliphatic rings. The van der Waals surface area contributed by atoms with Crippen LogP contribution in [0.5, 0.6) is 11.5 Å². The number of ether oxygens (including phenoxy) is 2. The van der Waals surface area contributed by atoms with Gasteiger partial charge in [-0.1, -0.05) is 29.3 Å². The van der Waals surface area contributed by atoms with Gasteiger partial charge in [-0.2, -0.15) is 0 Å². The molecule has 2 aromatic carbocycles. The summed E-state index contributed by atoms with van der Waals surface area (Å²) in [6, 6.07) is 14.2. The van der Waals surface area contributed by atoms with E-state index >= 15 is 0 Å². The number of aryl methyl sites for hydroxylation is 2. The second-order valence-corrected chi connectivity index (χ2v) is 4.42. The molecule has 0 atom stereocenters. The van der Waals surface area contributed by atoms with Gasteiger partial charge in [0.05, 0.1) is 7.11 Å². The summed E-state index contributed by atoms with van der Waals surface area (Å²) >= 11 is 0. The zero-order valence-corrected chi connectivity index (χ0v) is 11.1. The van der Waals surface area contributed by atoms with Crippen LogP contribution in [0.2, 0.25) is 0 Å². The van der Waals surface area contributed by atoms with Crippen LogP contribution in [-0.2, 0) is 6.61 Å². The monoisotopic (exact) mass is 242 g/mol. The number of hydrogen-bond donors (Lipinski definition) is 0. The number of hydrogen-bond acceptors (Lipinski definition) is 2. The third kappa shape index (κ3) is 3.04. The van der Waals surface area contributed by atoms with Crippen molar-refractivity contribution in [3.05, 3.63) is 59.2 Å². The van der Waals surface area contributed by atoms with Crippen molar-refractivity contribution in [2.75, 3.05) is 7.11 Å². The highest BCUT2D eigenvalue weighted by atomic mass is 16.5. The first-order valence-electron chi connectivity index (χ1n) is 6.02. The Labute approximate surface area is 108 Å². The standard InChI is InChI=1S/C16H18O2/c1-12-4-7-15(8-5-12)18-11-14-10-13(2)6-9-16(14)17-3/h4-10H,11H2,1-3H3. The van der Waals surface area contributed by atoms with Crippen LogP contribution < -0.4 is 9.47 Å². The molecule has 94 valence electrons. The number of rotatable bonds is 4. The lowest BCUT2D eigenvalue weighted by atomic mass is 10.1. The van der Waals surface area contributed by atoms with Crippen molar-refractivity contribution < 1.29 is 9.47 Å². The van der Waals surface area contributed by atoms with Crippen molar-refractivity contribution in [2.24, 2.45) is 0 Å². The second kappa shape index (κ2) is 5.58. The Bertz CT molecular complexity index is 515. The first-order chi connectivity index (χ1) is 8.69. The van der Waals surface area contributed by atoms with Crippen LogP contribution >= 0.6 is 0 Å². The Hall–Kier alpha value is -1.96. The van der Waals surface area contributed by atoms with Gasteiger partial charge >= 0.3 is 0 Å². The molecule has 0 saturated carbocycles. The van der Waals surface area contributed by atoms with E-state index in [0.717, 1.165) is 17.1 Å². The molecule has 0 aliphatic heterocycles. The molecule has 0 spiro atoms. The van der Waals surface area contributed by atoms with Crippen LogP contribution in [0.1, 0.15) is 16.7 Å². The summed E-state index contributed by atoms with van der Waals surface area (Å²) in [5, 5.41) is 0. The van der Waals surface area contributed by atoms with E-state index in [1.54, 1.807) is 7.11 Å². The maximum atomic E-state index is 5.76. The summed E-state index contributed by atoms with van der Waals surface area (Å²) in [5.41, 5.74) is 3.51. The first kappa shape index (κ1) is 12.5. The van der Waals surface area contributed by atoms with Crippen LogP contribution in [-0.4, -0.2) is 7.11 Å². The van der Waals surface area contributed by atoms with Crippen LogP contribution in [0, 0.1) is 13.8 Å². The average Bonchev–Trinajstić information content (AvgIpc) is 2.38. The molecule has 0 heterocycles. The van der Waals surface area contributed by atoms with E-state index in [2.05, 4.69) is 19.9 Å². The zero-order valence-electron chi connectivity index (χ0n) is 11.1. The van der Waals surface area contributed by atoms with Crippen molar-refractivity contribution in [3.8, 4) is 11.5 Å². The van der Waals surface area contributed by atoms with E-state index in [1.807, 2.05) is 36.4 Å². The van der Waals surface area contributed by atoms with Crippen molar-refractivity contribution in [1.82, 2.24) is 0 Å². The number of benzene rings is 2. The van der Waals surface area contributed by atoms with Crippen molar-refractivity contribution in [3.63, 3.8) is 0 Å². The third-order valence-electron chi connectivity index (χ3n) is 2.85. The summed E-state index contributed by atoms with van der Waals surface area (Å²) in [5.74, 6) is 1.75. The van der Waals surface area contributed by atoms with Crippen LogP contribution in [0.15, 0.2) is 42.5 Å². The lowest BCUT2D eigenvalue weighted by Gasteiger charge is -2.11. The molecular formula is C16H18O2. The molecule has 2 aromatic rings. The molecule has 2 heteroatoms. The van der Waals surface area contributed by atoms with Gasteiger partial charge in [0.2, 0.25) is 0 Å². The predicted molar refractivity (Wildman–Crippen MR) is 73.2 cm³/mol. The quantitative estimate of drug-likeness (QED) is 0.809. The molecule has 0 aromatic heterocycles. The van der Waals surface area contributed by atoms with E-state index in [0.29, 0.717) is 6.61 Å². The molecule has 2 rings (SSSR count). The molecule has 0 fully saturated rings. The van der Waals surface area contributed by atoms with Crippen molar-refractivity contribution in [1.29, 1.82) is 0 Å². The van der Waals surface area contributed by atoms with Crippen LogP contribution in [0.3, 0.4) is 0 Å². The van der Waals surface area contributed by atoms with Gasteiger partial charge in [0.1, 0.15) is 18.1 Å². The SMILES string of the molecule is COc1ccc(C)cc1COc1ccc(C)cc1. The van der Waals surface area contributed by atoms with Crippen LogP contribution in [0.4, 0.5) is 0 Å². The summed E-state index contributed by atoms with van der Waals surface area (Å²) in [4.78, 5) is 0. The van der Waals surface area contributed by atoms with E-state index in [4.69, 9.17) is 9.47 Å². The highest BCUT2D eigenvalue weighted by Gasteiger charge is 2.04. The van der Waals surface area contributed by atoms with Crippen molar-refractivity contribution in [2.45, 2.75) is 20.5 Å². The highest BCUT2D eigenvalue weighted by molar-refractivity contribution is 5.37. The maximum absolute atomic E-state index is 5.76. The topological polar surface area (TPSA) is 18.5 Å². The normalized spacial score (nSPS) is 10.2. The molecule has 0 aliphatic carbocycles. The predicted octanol–water partition coefficient (Wildman–Crippen LogP) is 3.89. The first-order valence-corrected chi connectivity index (χ1v) is 6.02. The summed E-state index contributed by atoms with van der Waals surface area (Å²) < 4.78 is 11.1. The lowest BCUT2D eigenvalue weighted by Crippen LogP contribution is -1.99. The van der Waals surface area contributed by atoms with E-state index in [1.165, 1.54) is 11.1 Å². The molecule has 18 heavy (non-hydrogen) atoms. The lowest BCUT2D eigenvalue weighted by molar-refractivity contribution is 0.296. The fraction of sp³-hybridized carbons (Fsp3) is 0.250. The Morgan fingerprint density at radius 1 is 0.889 bits per heavy atom. The Morgan fingerprint density at radius 3 is 2.22 bits per heavy atom. The molecule has 0 radical (unpaired) electrons. The summed E-state index contributed by atoms with van der Waals surface area (Å²) in [6.45, 7) is 4.65. The third-order valence-corrected chi connectivity index (χ3v) is 2.85. The minimum Gasteiger partial charge on any atom is -0.496 e. The smallest absolute Gasteiger partial charge is 0.125 e.